The number of pyridine rings is 1. The first-order valence-electron chi connectivity index (χ1n) is 8.61. The number of anilines is 1. The van der Waals surface area contributed by atoms with Crippen LogP contribution in [-0.4, -0.2) is 36.2 Å². The summed E-state index contributed by atoms with van der Waals surface area (Å²) in [4.78, 5) is 23.0. The zero-order chi connectivity index (χ0) is 19.9. The summed E-state index contributed by atoms with van der Waals surface area (Å²) < 4.78 is 41.7. The molecule has 0 spiro atoms. The molecule has 0 aromatic carbocycles. The van der Waals surface area contributed by atoms with Gasteiger partial charge in [0.15, 0.2) is 5.82 Å². The largest absolute Gasteiger partial charge is 0.361 e. The maximum Gasteiger partial charge on any atom is 0.329 e. The zero-order valence-corrected chi connectivity index (χ0v) is 14.5. The number of rotatable bonds is 4. The molecule has 3 heterocycles. The third-order valence-corrected chi connectivity index (χ3v) is 4.72. The van der Waals surface area contributed by atoms with Crippen molar-refractivity contribution >= 4 is 17.2 Å². The van der Waals surface area contributed by atoms with Gasteiger partial charge in [0, 0.05) is 25.1 Å². The molecule has 1 aliphatic rings. The second-order valence-electron chi connectivity index (χ2n) is 6.68. The Kier molecular flexibility index (Phi) is 4.36. The second-order valence-corrected chi connectivity index (χ2v) is 6.68. The SMILES string of the molecule is O=[N+]([O-])c1cnc(-c2cnc3ccc(F)cn23)nc1NC1CCC(F)(F)CC1. The average Bonchev–Trinajstić information content (AvgIpc) is 3.06. The normalized spacial score (nSPS) is 17.0. The predicted molar refractivity (Wildman–Crippen MR) is 93.7 cm³/mol. The van der Waals surface area contributed by atoms with Crippen LogP contribution in [-0.2, 0) is 0 Å². The molecular formula is C17H15F3N6O2. The Labute approximate surface area is 156 Å². The highest BCUT2D eigenvalue weighted by molar-refractivity contribution is 5.63. The molecule has 0 bridgehead atoms. The van der Waals surface area contributed by atoms with Gasteiger partial charge in [-0.1, -0.05) is 0 Å². The minimum absolute atomic E-state index is 0.0587. The first kappa shape index (κ1) is 18.1. The fourth-order valence-corrected chi connectivity index (χ4v) is 3.24. The van der Waals surface area contributed by atoms with Gasteiger partial charge >= 0.3 is 5.69 Å². The standard InChI is InChI=1S/C17H15F3N6O2/c18-10-1-2-14-21-7-12(25(14)9-10)15-22-8-13(26(27)28)16(24-15)23-11-3-5-17(19,20)6-4-11/h1-2,7-9,11H,3-6H2,(H,22,23,24). The van der Waals surface area contributed by atoms with Gasteiger partial charge < -0.3 is 5.32 Å². The highest BCUT2D eigenvalue weighted by Gasteiger charge is 2.35. The van der Waals surface area contributed by atoms with Gasteiger partial charge in [-0.25, -0.2) is 28.1 Å². The van der Waals surface area contributed by atoms with Gasteiger partial charge in [-0.15, -0.1) is 0 Å². The van der Waals surface area contributed by atoms with Crippen LogP contribution in [0.3, 0.4) is 0 Å². The molecule has 4 rings (SSSR count). The van der Waals surface area contributed by atoms with Crippen LogP contribution in [0.2, 0.25) is 0 Å². The van der Waals surface area contributed by atoms with E-state index >= 15 is 0 Å². The lowest BCUT2D eigenvalue weighted by Crippen LogP contribution is -2.32. The van der Waals surface area contributed by atoms with E-state index in [1.807, 2.05) is 0 Å². The van der Waals surface area contributed by atoms with Crippen molar-refractivity contribution in [3.8, 4) is 11.5 Å². The Morgan fingerprint density at radius 2 is 1.96 bits per heavy atom. The molecular weight excluding hydrogens is 377 g/mol. The summed E-state index contributed by atoms with van der Waals surface area (Å²) in [6, 6.07) is 2.38. The Morgan fingerprint density at radius 3 is 2.68 bits per heavy atom. The summed E-state index contributed by atoms with van der Waals surface area (Å²) in [6.45, 7) is 0. The third-order valence-electron chi connectivity index (χ3n) is 4.72. The highest BCUT2D eigenvalue weighted by atomic mass is 19.3. The quantitative estimate of drug-likeness (QED) is 0.535. The van der Waals surface area contributed by atoms with Crippen LogP contribution in [0.15, 0.2) is 30.7 Å². The van der Waals surface area contributed by atoms with E-state index in [0.29, 0.717) is 11.3 Å². The number of nitro groups is 1. The summed E-state index contributed by atoms with van der Waals surface area (Å²) in [5.74, 6) is -3.15. The number of nitrogens with zero attached hydrogens (tertiary/aromatic N) is 5. The fraction of sp³-hybridized carbons (Fsp3) is 0.353. The number of fused-ring (bicyclic) bond motifs is 1. The van der Waals surface area contributed by atoms with Crippen molar-refractivity contribution in [2.24, 2.45) is 0 Å². The number of alkyl halides is 2. The van der Waals surface area contributed by atoms with Gasteiger partial charge in [0.05, 0.1) is 11.1 Å². The smallest absolute Gasteiger partial charge is 0.329 e. The lowest BCUT2D eigenvalue weighted by Gasteiger charge is -2.28. The van der Waals surface area contributed by atoms with Gasteiger partial charge in [-0.2, -0.15) is 0 Å². The topological polar surface area (TPSA) is 98.2 Å². The molecule has 0 saturated heterocycles. The van der Waals surface area contributed by atoms with Crippen molar-refractivity contribution in [3.63, 3.8) is 0 Å². The highest BCUT2D eigenvalue weighted by Crippen LogP contribution is 2.35. The van der Waals surface area contributed by atoms with Crippen molar-refractivity contribution in [3.05, 3.63) is 46.7 Å². The van der Waals surface area contributed by atoms with Gasteiger partial charge in [0.2, 0.25) is 11.7 Å². The van der Waals surface area contributed by atoms with Crippen molar-refractivity contribution < 1.29 is 18.1 Å². The monoisotopic (exact) mass is 392 g/mol. The van der Waals surface area contributed by atoms with E-state index in [-0.39, 0.29) is 49.1 Å². The van der Waals surface area contributed by atoms with Crippen LogP contribution in [0.4, 0.5) is 24.7 Å². The second kappa shape index (κ2) is 6.73. The Hall–Kier alpha value is -3.24. The first-order chi connectivity index (χ1) is 13.3. The molecule has 146 valence electrons. The average molecular weight is 392 g/mol. The van der Waals surface area contributed by atoms with Crippen molar-refractivity contribution in [2.45, 2.75) is 37.6 Å². The van der Waals surface area contributed by atoms with E-state index < -0.39 is 16.7 Å². The summed E-state index contributed by atoms with van der Waals surface area (Å²) in [6.07, 6.45) is 3.45. The van der Waals surface area contributed by atoms with Crippen molar-refractivity contribution in [1.29, 1.82) is 0 Å². The Balaban J connectivity index is 1.69. The van der Waals surface area contributed by atoms with Crippen LogP contribution in [0.1, 0.15) is 25.7 Å². The number of imidazole rings is 1. The third kappa shape index (κ3) is 3.47. The fourth-order valence-electron chi connectivity index (χ4n) is 3.24. The van der Waals surface area contributed by atoms with E-state index in [2.05, 4.69) is 20.3 Å². The number of halogens is 3. The predicted octanol–water partition coefficient (Wildman–Crippen LogP) is 3.83. The maximum atomic E-state index is 13.6. The summed E-state index contributed by atoms with van der Waals surface area (Å²) in [5.41, 5.74) is 0.450. The maximum absolute atomic E-state index is 13.6. The van der Waals surface area contributed by atoms with Crippen molar-refractivity contribution in [1.82, 2.24) is 19.4 Å². The molecule has 0 aliphatic heterocycles. The molecule has 8 nitrogen and oxygen atoms in total. The Morgan fingerprint density at radius 1 is 1.21 bits per heavy atom. The summed E-state index contributed by atoms with van der Waals surface area (Å²) in [7, 11) is 0. The molecule has 0 amide bonds. The molecule has 1 N–H and O–H groups in total. The number of aromatic nitrogens is 4. The van der Waals surface area contributed by atoms with Gasteiger partial charge in [0.1, 0.15) is 23.4 Å². The zero-order valence-electron chi connectivity index (χ0n) is 14.5. The molecule has 11 heteroatoms. The molecule has 0 unspecified atom stereocenters. The van der Waals surface area contributed by atoms with Crippen LogP contribution >= 0.6 is 0 Å². The van der Waals surface area contributed by atoms with E-state index in [1.165, 1.54) is 28.9 Å². The van der Waals surface area contributed by atoms with Crippen LogP contribution in [0.5, 0.6) is 0 Å². The molecule has 1 fully saturated rings. The lowest BCUT2D eigenvalue weighted by atomic mass is 9.92. The van der Waals surface area contributed by atoms with Crippen LogP contribution in [0, 0.1) is 15.9 Å². The van der Waals surface area contributed by atoms with Crippen LogP contribution < -0.4 is 5.32 Å². The van der Waals surface area contributed by atoms with E-state index in [1.54, 1.807) is 0 Å². The van der Waals surface area contributed by atoms with E-state index in [4.69, 9.17) is 0 Å². The number of hydrogen-bond acceptors (Lipinski definition) is 6. The number of nitrogens with one attached hydrogen (secondary N) is 1. The van der Waals surface area contributed by atoms with E-state index in [9.17, 15) is 23.3 Å². The molecule has 3 aromatic heterocycles. The van der Waals surface area contributed by atoms with Gasteiger partial charge in [-0.3, -0.25) is 14.5 Å². The summed E-state index contributed by atoms with van der Waals surface area (Å²) in [5, 5.41) is 14.2. The molecule has 1 aliphatic carbocycles. The first-order valence-corrected chi connectivity index (χ1v) is 8.61. The molecule has 0 atom stereocenters. The minimum Gasteiger partial charge on any atom is -0.361 e. The van der Waals surface area contributed by atoms with E-state index in [0.717, 1.165) is 6.20 Å². The molecule has 3 aromatic rings. The van der Waals surface area contributed by atoms with Gasteiger partial charge in [0.25, 0.3) is 0 Å². The molecule has 1 saturated carbocycles. The lowest BCUT2D eigenvalue weighted by molar-refractivity contribution is -0.384. The summed E-state index contributed by atoms with van der Waals surface area (Å²) >= 11 is 0. The molecule has 0 radical (unpaired) electrons. The number of hydrogen-bond donors (Lipinski definition) is 1. The van der Waals surface area contributed by atoms with Crippen molar-refractivity contribution in [2.75, 3.05) is 5.32 Å². The molecule has 28 heavy (non-hydrogen) atoms. The van der Waals surface area contributed by atoms with Gasteiger partial charge in [-0.05, 0) is 25.0 Å². The minimum atomic E-state index is -2.71. The Bertz CT molecular complexity index is 1040. The van der Waals surface area contributed by atoms with Crippen LogP contribution in [0.25, 0.3) is 17.2 Å².